The third-order valence-electron chi connectivity index (χ3n) is 20.4. The van der Waals surface area contributed by atoms with Crippen molar-refractivity contribution in [2.45, 2.75) is 47.3 Å². The molecule has 0 saturated heterocycles. The number of nitrogens with one attached hydrogen (secondary N) is 4. The molecule has 0 bridgehead atoms. The van der Waals surface area contributed by atoms with E-state index in [9.17, 15) is 40.8 Å². The zero-order chi connectivity index (χ0) is 91.0. The van der Waals surface area contributed by atoms with E-state index in [4.69, 9.17) is 33.2 Å². The van der Waals surface area contributed by atoms with E-state index >= 15 is 0 Å². The molecule has 0 aliphatic rings. The van der Waals surface area contributed by atoms with Gasteiger partial charge in [0.25, 0.3) is 0 Å². The van der Waals surface area contributed by atoms with Gasteiger partial charge in [0.1, 0.15) is 100.0 Å². The number of rotatable bonds is 16. The molecule has 22 nitrogen and oxygen atoms in total. The first-order chi connectivity index (χ1) is 62.2. The van der Waals surface area contributed by atoms with Gasteiger partial charge in [-0.1, -0.05) is 72.2 Å². The summed E-state index contributed by atoms with van der Waals surface area (Å²) in [7, 11) is 7.16. The molecule has 0 spiro atoms. The number of phenols is 1. The number of benzene rings is 11. The number of methoxy groups -OCH3 is 6. The Morgan fingerprint density at radius 1 is 0.406 bits per heavy atom. The van der Waals surface area contributed by atoms with Gasteiger partial charge in [-0.05, 0) is 232 Å². The number of carbonyl (C=O) groups excluding carboxylic acids is 1. The molecule has 0 aliphatic carbocycles. The minimum Gasteiger partial charge on any atom is -0.508 e. The van der Waals surface area contributed by atoms with Gasteiger partial charge in [0.2, 0.25) is 5.91 Å². The molecule has 16 rings (SSSR count). The van der Waals surface area contributed by atoms with E-state index in [2.05, 4.69) is 128 Å². The number of aryl methyl sites for hydroxylation is 3. The van der Waals surface area contributed by atoms with Crippen LogP contribution < -0.4 is 38.8 Å². The number of nitriles is 5. The number of phenolic OH excluding ortho intramolecular Hbond substituents is 1. The average Bonchev–Trinajstić information content (AvgIpc) is 1.59. The molecule has 0 saturated carbocycles. The van der Waals surface area contributed by atoms with Crippen molar-refractivity contribution in [3.63, 3.8) is 0 Å². The minimum atomic E-state index is -2.39. The Labute approximate surface area is 742 Å². The summed E-state index contributed by atoms with van der Waals surface area (Å²) in [4.78, 5) is 17.9. The number of fused-ring (bicyclic) bond motifs is 6. The van der Waals surface area contributed by atoms with Crippen molar-refractivity contribution >= 4 is 89.9 Å². The predicted molar refractivity (Wildman–Crippen MR) is 505 cm³/mol. The third-order valence-corrected chi connectivity index (χ3v) is 21.2. The van der Waals surface area contributed by atoms with Gasteiger partial charge in [0.15, 0.2) is 7.29 Å². The SMILES string of the molecule is CCOc1ccc(-c2c(C#N)c3cc(OC)ccc3n2CC)cc1.CCn1c(C#Cc2ccc(NC(=O)COC)cc2)c(C#N)c2cc(OC)ccc21.CCn1c(C#Cc2cccc(NP(C)(C)=O)c2)c(C#N)c2ccc(OC)cc21.COc1ccc2c(C#N)c(C#Cc3cccc(O)c3)[nH]c2c1.COc1ccc2c(C#N)c(C#Cc3cccc4ccccc34)[nH]c2c1. The van der Waals surface area contributed by atoms with Crippen LogP contribution in [0.5, 0.6) is 40.2 Å². The highest BCUT2D eigenvalue weighted by Gasteiger charge is 2.22. The fourth-order valence-corrected chi connectivity index (χ4v) is 15.3. The fourth-order valence-electron chi connectivity index (χ4n) is 14.6. The predicted octanol–water partition coefficient (Wildman–Crippen LogP) is 20.8. The minimum absolute atomic E-state index is 0.00481. The van der Waals surface area contributed by atoms with Crippen LogP contribution in [0.3, 0.4) is 0 Å². The van der Waals surface area contributed by atoms with Crippen molar-refractivity contribution in [3.8, 4) is 129 Å². The number of amides is 1. The smallest absolute Gasteiger partial charge is 0.250 e. The Kier molecular flexibility index (Phi) is 29.8. The number of ether oxygens (including phenoxy) is 7. The van der Waals surface area contributed by atoms with Crippen molar-refractivity contribution in [1.82, 2.24) is 23.7 Å². The molecule has 0 unspecified atom stereocenters. The molecule has 5 heterocycles. The van der Waals surface area contributed by atoms with E-state index in [-0.39, 0.29) is 18.3 Å². The fraction of sp³-hybridized carbons (Fsp3) is 0.162. The highest BCUT2D eigenvalue weighted by atomic mass is 31.2. The normalized spacial score (nSPS) is 10.3. The first-order valence-corrected chi connectivity index (χ1v) is 43.2. The van der Waals surface area contributed by atoms with Gasteiger partial charge in [-0.25, -0.2) is 0 Å². The summed E-state index contributed by atoms with van der Waals surface area (Å²) in [6.45, 7) is 14.3. The number of H-pyrrole nitrogens is 2. The largest absolute Gasteiger partial charge is 0.508 e. The Balaban J connectivity index is 0.000000146. The molecular weight excluding hydrogens is 1620 g/mol. The molecule has 5 N–H and O–H groups in total. The second-order valence-electron chi connectivity index (χ2n) is 28.8. The summed E-state index contributed by atoms with van der Waals surface area (Å²) in [5.74, 6) is 29.2. The summed E-state index contributed by atoms with van der Waals surface area (Å²) in [5.41, 5.74) is 16.5. The molecule has 0 fully saturated rings. The van der Waals surface area contributed by atoms with E-state index in [0.29, 0.717) is 93.0 Å². The van der Waals surface area contributed by atoms with Crippen LogP contribution in [-0.2, 0) is 33.7 Å². The van der Waals surface area contributed by atoms with Crippen LogP contribution >= 0.6 is 7.29 Å². The molecule has 0 aliphatic heterocycles. The van der Waals surface area contributed by atoms with Gasteiger partial charge in [-0.2, -0.15) is 26.3 Å². The summed E-state index contributed by atoms with van der Waals surface area (Å²) in [5, 5.41) is 69.8. The van der Waals surface area contributed by atoms with E-state index < -0.39 is 7.29 Å². The van der Waals surface area contributed by atoms with Crippen molar-refractivity contribution in [3.05, 3.63) is 303 Å². The van der Waals surface area contributed by atoms with Crippen LogP contribution in [0.4, 0.5) is 11.4 Å². The van der Waals surface area contributed by atoms with Gasteiger partial charge >= 0.3 is 0 Å². The molecule has 128 heavy (non-hydrogen) atoms. The number of nitrogens with zero attached hydrogens (tertiary/aromatic N) is 8. The maximum Gasteiger partial charge on any atom is 0.250 e. The van der Waals surface area contributed by atoms with Crippen molar-refractivity contribution in [2.75, 3.05) is 79.6 Å². The van der Waals surface area contributed by atoms with Crippen molar-refractivity contribution in [2.24, 2.45) is 0 Å². The lowest BCUT2D eigenvalue weighted by Gasteiger charge is -2.10. The molecular formula is C105H89N12O10P. The van der Waals surface area contributed by atoms with Crippen LogP contribution in [0.1, 0.15) is 101 Å². The molecule has 16 aromatic rings. The summed E-state index contributed by atoms with van der Waals surface area (Å²) in [6.07, 6.45) is 0. The van der Waals surface area contributed by atoms with Crippen LogP contribution in [0.25, 0.3) is 76.5 Å². The third kappa shape index (κ3) is 21.1. The number of aromatic nitrogens is 5. The monoisotopic (exact) mass is 1710 g/mol. The van der Waals surface area contributed by atoms with Gasteiger partial charge < -0.3 is 76.9 Å². The zero-order valence-electron chi connectivity index (χ0n) is 72.6. The van der Waals surface area contributed by atoms with Crippen LogP contribution in [0, 0.1) is 104 Å². The Hall–Kier alpha value is -16.9. The summed E-state index contributed by atoms with van der Waals surface area (Å²) in [6, 6.07) is 83.1. The number of hydrogen-bond acceptors (Lipinski definition) is 15. The number of carbonyl (C=O) groups is 1. The summed E-state index contributed by atoms with van der Waals surface area (Å²) >= 11 is 0. The maximum absolute atomic E-state index is 12.0. The Morgan fingerprint density at radius 2 is 0.875 bits per heavy atom. The van der Waals surface area contributed by atoms with Crippen LogP contribution in [-0.4, -0.2) is 104 Å². The van der Waals surface area contributed by atoms with E-state index in [0.717, 1.165) is 128 Å². The molecule has 11 aromatic carbocycles. The Bertz CT molecular complexity index is 7420. The maximum atomic E-state index is 12.0. The van der Waals surface area contributed by atoms with Crippen LogP contribution in [0.15, 0.2) is 231 Å². The van der Waals surface area contributed by atoms with Crippen LogP contribution in [0.2, 0.25) is 0 Å². The van der Waals surface area contributed by atoms with Gasteiger partial charge in [0.05, 0.1) is 103 Å². The highest BCUT2D eigenvalue weighted by molar-refractivity contribution is 7.63. The highest BCUT2D eigenvalue weighted by Crippen LogP contribution is 2.39. The molecule has 634 valence electrons. The quantitative estimate of drug-likeness (QED) is 0.0443. The molecule has 0 atom stereocenters. The summed E-state index contributed by atoms with van der Waals surface area (Å²) < 4.78 is 54.9. The van der Waals surface area contributed by atoms with Gasteiger partial charge in [-0.3, -0.25) is 4.79 Å². The topological polar surface area (TPSA) is 308 Å². The number of anilines is 2. The molecule has 1 amide bonds. The average molecular weight is 1710 g/mol. The van der Waals surface area contributed by atoms with Crippen molar-refractivity contribution < 1.29 is 47.6 Å². The van der Waals surface area contributed by atoms with E-state index in [1.165, 1.54) is 7.11 Å². The lowest BCUT2D eigenvalue weighted by Crippen LogP contribution is -2.16. The molecule has 23 heteroatoms. The molecule has 5 aromatic heterocycles. The first kappa shape index (κ1) is 90.4. The van der Waals surface area contributed by atoms with Gasteiger partial charge in [0, 0.05) is 119 Å². The lowest BCUT2D eigenvalue weighted by atomic mass is 10.0. The molecule has 0 radical (unpaired) electrons. The number of hydrogen-bond donors (Lipinski definition) is 5. The standard InChI is InChI=1S/C23H21N3O3.C22H22N3O2P.C22H14N2O.C20H20N2O2.C18H12N2O2/c1-4-26-21-12-10-18(29-3)13-19(21)20(14-24)22(26)11-7-16-5-8-17(9-6-16)25-23(27)15-28-2;1-5-25-21(20(15-23)19-11-10-18(27-2)14-22(19)25)12-9-16-7-6-8-17(13-16)24-28(3,4)26;1-25-17-10-11-19-20(14-23)21(24-22(19)13-17)12-9-16-7-4-6-15-5-2-3-8-18(15)16;1-4-22-19-11-10-16(23-3)12-17(19)18(13-21)20(22)14-6-8-15(9-7-14)24-5-2;1-22-14-6-7-15-16(11-19)17(20-18(15)10-14)8-5-12-3-2-4-13(21)9-12/h5-6,8-10,12-13H,4,15H2,1-3H3,(H,25,27);6-8,10-11,13-14H,5H2,1-4H3,(H,24,26);2-8,10-11,13,24H,1H3;6-12H,4-5H2,1-3H3;2-4,6-7,9-10,20-21H,1H3. The number of aromatic hydroxyl groups is 1. The first-order valence-electron chi connectivity index (χ1n) is 40.6. The second-order valence-corrected chi connectivity index (χ2v) is 31.7. The van der Waals surface area contributed by atoms with Crippen molar-refractivity contribution in [1.29, 1.82) is 26.3 Å². The zero-order valence-corrected chi connectivity index (χ0v) is 73.5. The lowest BCUT2D eigenvalue weighted by molar-refractivity contribution is -0.119. The Morgan fingerprint density at radius 3 is 1.42 bits per heavy atom. The second kappa shape index (κ2) is 42.3. The van der Waals surface area contributed by atoms with E-state index in [1.54, 1.807) is 85.3 Å². The number of aromatic amines is 2. The van der Waals surface area contributed by atoms with Gasteiger partial charge in [-0.15, -0.1) is 0 Å². The van der Waals surface area contributed by atoms with E-state index in [1.807, 2.05) is 206 Å².